The minimum atomic E-state index is -1.52. The summed E-state index contributed by atoms with van der Waals surface area (Å²) in [5.74, 6) is -0.428. The average molecular weight is 220 g/mol. The normalized spacial score (nSPS) is 36.0. The van der Waals surface area contributed by atoms with Gasteiger partial charge in [0.2, 0.25) is 0 Å². The number of nitrogens with one attached hydrogen (secondary N) is 2. The summed E-state index contributed by atoms with van der Waals surface area (Å²) in [5, 5.41) is 23.1. The zero-order valence-electron chi connectivity index (χ0n) is 8.61. The number of hydrogen-bond donors (Lipinski definition) is 4. The smallest absolute Gasteiger partial charge is 0.314 e. The first-order valence-corrected chi connectivity index (χ1v) is 5.01. The molecule has 0 aromatic carbocycles. The molecule has 2 unspecified atom stereocenters. The highest BCUT2D eigenvalue weighted by Gasteiger charge is 2.38. The van der Waals surface area contributed by atoms with Gasteiger partial charge in [-0.25, -0.2) is 9.18 Å². The molecular formula is C9H17FN2O3. The Balaban J connectivity index is 2.52. The van der Waals surface area contributed by atoms with Crippen molar-refractivity contribution >= 4 is 6.03 Å². The van der Waals surface area contributed by atoms with E-state index in [9.17, 15) is 14.3 Å². The lowest BCUT2D eigenvalue weighted by molar-refractivity contribution is -0.0351. The third kappa shape index (κ3) is 2.79. The molecule has 1 fully saturated rings. The zero-order valence-corrected chi connectivity index (χ0v) is 8.61. The Kier molecular flexibility index (Phi) is 4.28. The second kappa shape index (κ2) is 5.27. The van der Waals surface area contributed by atoms with E-state index in [-0.39, 0.29) is 6.61 Å². The van der Waals surface area contributed by atoms with Crippen molar-refractivity contribution in [3.05, 3.63) is 0 Å². The molecule has 88 valence electrons. The van der Waals surface area contributed by atoms with E-state index >= 15 is 0 Å². The maximum Gasteiger partial charge on any atom is 0.314 e. The van der Waals surface area contributed by atoms with Crippen LogP contribution in [0, 0.1) is 5.92 Å². The molecule has 0 bridgehead atoms. The average Bonchev–Trinajstić information content (AvgIpc) is 2.25. The van der Waals surface area contributed by atoms with Gasteiger partial charge in [0, 0.05) is 19.6 Å². The Morgan fingerprint density at radius 2 is 2.20 bits per heavy atom. The fourth-order valence-electron chi connectivity index (χ4n) is 1.81. The number of hydrogen-bond acceptors (Lipinski definition) is 3. The molecule has 1 aliphatic carbocycles. The standard InChI is InChI=1S/C9H17FN2O3/c1-11-9(15)12-6-3-2-5(4-13)8(14)7(6)10/h5-8,13-14H,2-4H2,1H3,(H2,11,12,15)/t5?,6-,7?,8+/m0/s1. The predicted octanol–water partition coefficient (Wildman–Crippen LogP) is -0.615. The van der Waals surface area contributed by atoms with Gasteiger partial charge in [-0.3, -0.25) is 0 Å². The molecule has 0 spiro atoms. The molecule has 2 amide bonds. The van der Waals surface area contributed by atoms with Gasteiger partial charge in [0.05, 0.1) is 12.1 Å². The van der Waals surface area contributed by atoms with Crippen LogP contribution >= 0.6 is 0 Å². The van der Waals surface area contributed by atoms with Crippen LogP contribution in [0.5, 0.6) is 0 Å². The first kappa shape index (κ1) is 12.2. The second-order valence-electron chi connectivity index (χ2n) is 3.78. The SMILES string of the molecule is CNC(=O)N[C@H]1CCC(CO)[C@@H](O)C1F. The number of aliphatic hydroxyl groups excluding tert-OH is 2. The van der Waals surface area contributed by atoms with Crippen LogP contribution in [-0.4, -0.2) is 48.2 Å². The molecule has 0 aromatic rings. The number of alkyl halides is 1. The van der Waals surface area contributed by atoms with Crippen LogP contribution in [0.1, 0.15) is 12.8 Å². The highest BCUT2D eigenvalue weighted by molar-refractivity contribution is 5.73. The van der Waals surface area contributed by atoms with Gasteiger partial charge in [0.1, 0.15) is 6.17 Å². The minimum absolute atomic E-state index is 0.228. The van der Waals surface area contributed by atoms with Gasteiger partial charge in [-0.05, 0) is 12.8 Å². The fourth-order valence-corrected chi connectivity index (χ4v) is 1.81. The Labute approximate surface area is 87.7 Å². The van der Waals surface area contributed by atoms with Crippen LogP contribution in [0.25, 0.3) is 0 Å². The molecule has 0 aromatic heterocycles. The minimum Gasteiger partial charge on any atom is -0.396 e. The van der Waals surface area contributed by atoms with E-state index < -0.39 is 30.3 Å². The first-order valence-electron chi connectivity index (χ1n) is 5.01. The molecule has 0 radical (unpaired) electrons. The predicted molar refractivity (Wildman–Crippen MR) is 52.1 cm³/mol. The molecule has 0 saturated heterocycles. The van der Waals surface area contributed by atoms with E-state index in [0.29, 0.717) is 12.8 Å². The lowest BCUT2D eigenvalue weighted by Gasteiger charge is -2.35. The van der Waals surface area contributed by atoms with Gasteiger partial charge in [-0.15, -0.1) is 0 Å². The number of urea groups is 1. The first-order chi connectivity index (χ1) is 7.10. The molecule has 15 heavy (non-hydrogen) atoms. The summed E-state index contributed by atoms with van der Waals surface area (Å²) in [6.07, 6.45) is -1.79. The van der Waals surface area contributed by atoms with Crippen molar-refractivity contribution in [2.45, 2.75) is 31.2 Å². The fraction of sp³-hybridized carbons (Fsp3) is 0.889. The summed E-state index contributed by atoms with van der Waals surface area (Å²) in [4.78, 5) is 11.0. The number of carbonyl (C=O) groups excluding carboxylic acids is 1. The summed E-state index contributed by atoms with van der Waals surface area (Å²) >= 11 is 0. The third-order valence-corrected chi connectivity index (χ3v) is 2.82. The van der Waals surface area contributed by atoms with Crippen LogP contribution in [0.15, 0.2) is 0 Å². The van der Waals surface area contributed by atoms with Crippen molar-refractivity contribution in [3.63, 3.8) is 0 Å². The zero-order chi connectivity index (χ0) is 11.4. The van der Waals surface area contributed by atoms with Gasteiger partial charge < -0.3 is 20.8 Å². The molecule has 0 heterocycles. The highest BCUT2D eigenvalue weighted by atomic mass is 19.1. The molecule has 4 atom stereocenters. The van der Waals surface area contributed by atoms with Crippen molar-refractivity contribution < 1.29 is 19.4 Å². The summed E-state index contributed by atoms with van der Waals surface area (Å²) in [5.41, 5.74) is 0. The molecule has 1 saturated carbocycles. The van der Waals surface area contributed by atoms with Gasteiger partial charge in [0.25, 0.3) is 0 Å². The Hall–Kier alpha value is -0.880. The molecule has 4 N–H and O–H groups in total. The van der Waals surface area contributed by atoms with Gasteiger partial charge in [-0.1, -0.05) is 0 Å². The van der Waals surface area contributed by atoms with Crippen molar-refractivity contribution in [2.24, 2.45) is 5.92 Å². The van der Waals surface area contributed by atoms with E-state index in [0.717, 1.165) is 0 Å². The monoisotopic (exact) mass is 220 g/mol. The Morgan fingerprint density at radius 3 is 2.73 bits per heavy atom. The molecule has 6 heteroatoms. The maximum atomic E-state index is 13.6. The van der Waals surface area contributed by atoms with E-state index in [1.807, 2.05) is 0 Å². The van der Waals surface area contributed by atoms with Crippen LogP contribution in [0.2, 0.25) is 0 Å². The van der Waals surface area contributed by atoms with Gasteiger partial charge >= 0.3 is 6.03 Å². The van der Waals surface area contributed by atoms with E-state index in [4.69, 9.17) is 5.11 Å². The topological polar surface area (TPSA) is 81.6 Å². The van der Waals surface area contributed by atoms with Crippen LogP contribution in [-0.2, 0) is 0 Å². The lowest BCUT2D eigenvalue weighted by atomic mass is 9.82. The van der Waals surface area contributed by atoms with E-state index in [1.54, 1.807) is 0 Å². The van der Waals surface area contributed by atoms with Gasteiger partial charge in [0.15, 0.2) is 0 Å². The number of aliphatic hydroxyl groups is 2. The molecule has 5 nitrogen and oxygen atoms in total. The summed E-state index contributed by atoms with van der Waals surface area (Å²) < 4.78 is 13.6. The van der Waals surface area contributed by atoms with Crippen LogP contribution in [0.4, 0.5) is 9.18 Å². The number of rotatable bonds is 2. The molecule has 0 aliphatic heterocycles. The highest BCUT2D eigenvalue weighted by Crippen LogP contribution is 2.27. The number of halogens is 1. The Bertz CT molecular complexity index is 227. The third-order valence-electron chi connectivity index (χ3n) is 2.82. The summed E-state index contributed by atoms with van der Waals surface area (Å²) in [6, 6.07) is -1.14. The second-order valence-corrected chi connectivity index (χ2v) is 3.78. The molecule has 1 aliphatic rings. The van der Waals surface area contributed by atoms with E-state index in [2.05, 4.69) is 10.6 Å². The summed E-state index contributed by atoms with van der Waals surface area (Å²) in [6.45, 7) is -0.228. The van der Waals surface area contributed by atoms with E-state index in [1.165, 1.54) is 7.05 Å². The lowest BCUT2D eigenvalue weighted by Crippen LogP contribution is -2.54. The van der Waals surface area contributed by atoms with Crippen molar-refractivity contribution in [3.8, 4) is 0 Å². The number of amides is 2. The maximum absolute atomic E-state index is 13.6. The number of carbonyl (C=O) groups is 1. The largest absolute Gasteiger partial charge is 0.396 e. The molecular weight excluding hydrogens is 203 g/mol. The Morgan fingerprint density at radius 1 is 1.53 bits per heavy atom. The van der Waals surface area contributed by atoms with Crippen molar-refractivity contribution in [2.75, 3.05) is 13.7 Å². The van der Waals surface area contributed by atoms with Crippen molar-refractivity contribution in [1.29, 1.82) is 0 Å². The van der Waals surface area contributed by atoms with Crippen LogP contribution in [0.3, 0.4) is 0 Å². The van der Waals surface area contributed by atoms with Crippen LogP contribution < -0.4 is 10.6 Å². The molecule has 1 rings (SSSR count). The quantitative estimate of drug-likeness (QED) is 0.501. The summed E-state index contributed by atoms with van der Waals surface area (Å²) in [7, 11) is 1.44. The van der Waals surface area contributed by atoms with Gasteiger partial charge in [-0.2, -0.15) is 0 Å². The van der Waals surface area contributed by atoms with Crippen molar-refractivity contribution in [1.82, 2.24) is 10.6 Å².